The summed E-state index contributed by atoms with van der Waals surface area (Å²) in [4.78, 5) is 0. The summed E-state index contributed by atoms with van der Waals surface area (Å²) < 4.78 is 1.18. The van der Waals surface area contributed by atoms with E-state index in [4.69, 9.17) is 0 Å². The Morgan fingerprint density at radius 3 is 2.47 bits per heavy atom. The maximum atomic E-state index is 3.55. The highest BCUT2D eigenvalue weighted by Crippen LogP contribution is 2.21. The zero-order valence-electron chi connectivity index (χ0n) is 9.81. The third-order valence-electron chi connectivity index (χ3n) is 2.92. The molecule has 0 aromatic heterocycles. The number of rotatable bonds is 5. The van der Waals surface area contributed by atoms with Gasteiger partial charge in [0, 0.05) is 16.7 Å². The fourth-order valence-electron chi connectivity index (χ4n) is 1.54. The Labute approximate surface area is 101 Å². The highest BCUT2D eigenvalue weighted by Gasteiger charge is 2.03. The molecule has 84 valence electrons. The topological polar surface area (TPSA) is 12.0 Å². The molecule has 0 amide bonds. The van der Waals surface area contributed by atoms with Crippen LogP contribution in [0.15, 0.2) is 22.7 Å². The molecule has 0 saturated carbocycles. The zero-order chi connectivity index (χ0) is 11.3. The number of hydrogen-bond acceptors (Lipinski definition) is 1. The molecular formula is C13H20BrN. The molecule has 1 N–H and O–H groups in total. The fraction of sp³-hybridized carbons (Fsp3) is 0.538. The van der Waals surface area contributed by atoms with Crippen molar-refractivity contribution in [2.75, 3.05) is 11.9 Å². The summed E-state index contributed by atoms with van der Waals surface area (Å²) in [6, 6.07) is 6.43. The van der Waals surface area contributed by atoms with Crippen LogP contribution < -0.4 is 5.32 Å². The van der Waals surface area contributed by atoms with Crippen LogP contribution in [0, 0.1) is 12.8 Å². The quantitative estimate of drug-likeness (QED) is 0.824. The molecule has 0 saturated heterocycles. The van der Waals surface area contributed by atoms with Crippen LogP contribution >= 0.6 is 15.9 Å². The van der Waals surface area contributed by atoms with Gasteiger partial charge in [-0.15, -0.1) is 0 Å². The molecule has 0 spiro atoms. The molecule has 0 atom stereocenters. The van der Waals surface area contributed by atoms with Gasteiger partial charge in [0.2, 0.25) is 0 Å². The van der Waals surface area contributed by atoms with Crippen LogP contribution in [0.5, 0.6) is 0 Å². The molecule has 0 aliphatic rings. The Bertz CT molecular complexity index is 305. The summed E-state index contributed by atoms with van der Waals surface area (Å²) in [5.41, 5.74) is 2.49. The van der Waals surface area contributed by atoms with Crippen molar-refractivity contribution in [1.29, 1.82) is 0 Å². The van der Waals surface area contributed by atoms with E-state index in [1.165, 1.54) is 28.6 Å². The molecular weight excluding hydrogens is 250 g/mol. The Morgan fingerprint density at radius 1 is 1.27 bits per heavy atom. The van der Waals surface area contributed by atoms with Crippen molar-refractivity contribution in [1.82, 2.24) is 0 Å². The summed E-state index contributed by atoms with van der Waals surface area (Å²) in [5.74, 6) is 0.782. The first-order valence-electron chi connectivity index (χ1n) is 5.67. The first-order chi connectivity index (χ1) is 7.17. The Morgan fingerprint density at radius 2 is 1.93 bits per heavy atom. The van der Waals surface area contributed by atoms with Gasteiger partial charge in [-0.25, -0.2) is 0 Å². The maximum absolute atomic E-state index is 3.55. The van der Waals surface area contributed by atoms with Crippen molar-refractivity contribution in [3.8, 4) is 0 Å². The summed E-state index contributed by atoms with van der Waals surface area (Å²) in [7, 11) is 0. The molecule has 1 aromatic rings. The van der Waals surface area contributed by atoms with Gasteiger partial charge in [-0.3, -0.25) is 0 Å². The summed E-state index contributed by atoms with van der Waals surface area (Å²) in [6.07, 6.45) is 2.49. The van der Waals surface area contributed by atoms with Crippen LogP contribution in [0.1, 0.15) is 32.3 Å². The van der Waals surface area contributed by atoms with E-state index in [-0.39, 0.29) is 0 Å². The van der Waals surface area contributed by atoms with Crippen LogP contribution in [0.3, 0.4) is 0 Å². The fourth-order valence-corrected chi connectivity index (χ4v) is 1.92. The third-order valence-corrected chi connectivity index (χ3v) is 3.78. The van der Waals surface area contributed by atoms with Crippen LogP contribution in [-0.4, -0.2) is 6.54 Å². The van der Waals surface area contributed by atoms with Crippen molar-refractivity contribution in [2.24, 2.45) is 5.92 Å². The van der Waals surface area contributed by atoms with E-state index in [1.807, 2.05) is 0 Å². The first kappa shape index (κ1) is 12.6. The lowest BCUT2D eigenvalue weighted by molar-refractivity contribution is 0.519. The molecule has 0 aliphatic heterocycles. The van der Waals surface area contributed by atoms with Gasteiger partial charge >= 0.3 is 0 Å². The number of aryl methyl sites for hydroxylation is 1. The molecule has 2 heteroatoms. The summed E-state index contributed by atoms with van der Waals surface area (Å²) in [5, 5.41) is 3.48. The molecule has 0 heterocycles. The van der Waals surface area contributed by atoms with Crippen molar-refractivity contribution in [2.45, 2.75) is 33.6 Å². The molecule has 0 fully saturated rings. The van der Waals surface area contributed by atoms with Crippen LogP contribution in [0.2, 0.25) is 0 Å². The van der Waals surface area contributed by atoms with Crippen molar-refractivity contribution in [3.05, 3.63) is 28.2 Å². The monoisotopic (exact) mass is 269 g/mol. The second-order valence-electron chi connectivity index (χ2n) is 4.03. The minimum Gasteiger partial charge on any atom is -0.385 e. The lowest BCUT2D eigenvalue weighted by atomic mass is 10.0. The van der Waals surface area contributed by atoms with Crippen LogP contribution in [0.4, 0.5) is 5.69 Å². The smallest absolute Gasteiger partial charge is 0.0351 e. The molecule has 0 radical (unpaired) electrons. The van der Waals surface area contributed by atoms with Gasteiger partial charge in [-0.05, 0) is 30.5 Å². The molecule has 15 heavy (non-hydrogen) atoms. The van der Waals surface area contributed by atoms with Crippen LogP contribution in [0.25, 0.3) is 0 Å². The van der Waals surface area contributed by atoms with Crippen molar-refractivity contribution >= 4 is 21.6 Å². The SMILES string of the molecule is CCC(CC)CNc1ccc(C)c(Br)c1. The highest BCUT2D eigenvalue weighted by molar-refractivity contribution is 9.10. The summed E-state index contributed by atoms with van der Waals surface area (Å²) in [6.45, 7) is 7.68. The molecule has 0 bridgehead atoms. The standard InChI is InChI=1S/C13H20BrN/c1-4-11(5-2)9-15-12-7-6-10(3)13(14)8-12/h6-8,11,15H,4-5,9H2,1-3H3. The van der Waals surface area contributed by atoms with E-state index >= 15 is 0 Å². The zero-order valence-corrected chi connectivity index (χ0v) is 11.4. The Hall–Kier alpha value is -0.500. The van der Waals surface area contributed by atoms with E-state index in [0.717, 1.165) is 12.5 Å². The minimum atomic E-state index is 0.782. The van der Waals surface area contributed by atoms with Gasteiger partial charge < -0.3 is 5.32 Å². The predicted molar refractivity (Wildman–Crippen MR) is 71.4 cm³/mol. The lowest BCUT2D eigenvalue weighted by Crippen LogP contribution is -2.12. The minimum absolute atomic E-state index is 0.782. The third kappa shape index (κ3) is 3.86. The first-order valence-corrected chi connectivity index (χ1v) is 6.46. The van der Waals surface area contributed by atoms with Gasteiger partial charge in [0.05, 0.1) is 0 Å². The summed E-state index contributed by atoms with van der Waals surface area (Å²) >= 11 is 3.55. The van der Waals surface area contributed by atoms with Gasteiger partial charge in [0.25, 0.3) is 0 Å². The van der Waals surface area contributed by atoms with E-state index in [0.29, 0.717) is 0 Å². The Kier molecular flexibility index (Phi) is 5.16. The number of anilines is 1. The van der Waals surface area contributed by atoms with Crippen molar-refractivity contribution < 1.29 is 0 Å². The van der Waals surface area contributed by atoms with Gasteiger partial charge in [0.1, 0.15) is 0 Å². The molecule has 1 rings (SSSR count). The molecule has 1 aromatic carbocycles. The predicted octanol–water partition coefficient (Wildman–Crippen LogP) is 4.61. The van der Waals surface area contributed by atoms with Gasteiger partial charge in [-0.1, -0.05) is 48.7 Å². The Balaban J connectivity index is 2.54. The van der Waals surface area contributed by atoms with E-state index in [9.17, 15) is 0 Å². The average molecular weight is 270 g/mol. The number of nitrogens with one attached hydrogen (secondary N) is 1. The van der Waals surface area contributed by atoms with Crippen LogP contribution in [-0.2, 0) is 0 Å². The highest BCUT2D eigenvalue weighted by atomic mass is 79.9. The maximum Gasteiger partial charge on any atom is 0.0351 e. The lowest BCUT2D eigenvalue weighted by Gasteiger charge is -2.14. The van der Waals surface area contributed by atoms with E-state index in [1.54, 1.807) is 0 Å². The number of halogens is 1. The van der Waals surface area contributed by atoms with E-state index < -0.39 is 0 Å². The molecule has 1 nitrogen and oxygen atoms in total. The van der Waals surface area contributed by atoms with Gasteiger partial charge in [-0.2, -0.15) is 0 Å². The van der Waals surface area contributed by atoms with Gasteiger partial charge in [0.15, 0.2) is 0 Å². The number of benzene rings is 1. The average Bonchev–Trinajstić information content (AvgIpc) is 2.24. The van der Waals surface area contributed by atoms with E-state index in [2.05, 4.69) is 60.2 Å². The normalized spacial score (nSPS) is 10.7. The largest absolute Gasteiger partial charge is 0.385 e. The van der Waals surface area contributed by atoms with Crippen molar-refractivity contribution in [3.63, 3.8) is 0 Å². The molecule has 0 aliphatic carbocycles. The second-order valence-corrected chi connectivity index (χ2v) is 4.88. The molecule has 0 unspecified atom stereocenters. The number of hydrogen-bond donors (Lipinski definition) is 1. The second kappa shape index (κ2) is 6.16.